The Morgan fingerprint density at radius 3 is 2.28 bits per heavy atom. The summed E-state index contributed by atoms with van der Waals surface area (Å²) in [5.74, 6) is -0.555. The molecule has 0 saturated carbocycles. The topological polar surface area (TPSA) is 81.7 Å². The molecular weight excluding hydrogens is 322 g/mol. The van der Waals surface area contributed by atoms with Crippen molar-refractivity contribution in [3.63, 3.8) is 0 Å². The number of esters is 1. The van der Waals surface area contributed by atoms with E-state index in [1.807, 2.05) is 0 Å². The molecule has 0 saturated heterocycles. The Hall–Kier alpha value is -3.15. The normalized spacial score (nSPS) is 11.3. The van der Waals surface area contributed by atoms with Gasteiger partial charge < -0.3 is 14.8 Å². The Labute approximate surface area is 145 Å². The van der Waals surface area contributed by atoms with Crippen LogP contribution in [0, 0.1) is 0 Å². The first-order chi connectivity index (χ1) is 11.9. The number of carbonyl (C=O) groups is 3. The van der Waals surface area contributed by atoms with Crippen molar-refractivity contribution in [1.82, 2.24) is 0 Å². The van der Waals surface area contributed by atoms with Crippen LogP contribution in [0.25, 0.3) is 0 Å². The van der Waals surface area contributed by atoms with Crippen LogP contribution in [0.3, 0.4) is 0 Å². The monoisotopic (exact) mass is 341 g/mol. The summed E-state index contributed by atoms with van der Waals surface area (Å²) in [4.78, 5) is 35.7. The fraction of sp³-hybridized carbons (Fsp3) is 0.211. The Balaban J connectivity index is 2.05. The van der Waals surface area contributed by atoms with Gasteiger partial charge >= 0.3 is 5.97 Å². The number of hydrogen-bond donors (Lipinski definition) is 1. The quantitative estimate of drug-likeness (QED) is 0.645. The highest BCUT2D eigenvalue weighted by Gasteiger charge is 2.20. The van der Waals surface area contributed by atoms with Crippen molar-refractivity contribution in [3.05, 3.63) is 59.7 Å². The van der Waals surface area contributed by atoms with Gasteiger partial charge in [-0.05, 0) is 49.4 Å². The van der Waals surface area contributed by atoms with E-state index in [2.05, 4.69) is 5.32 Å². The van der Waals surface area contributed by atoms with Gasteiger partial charge in [0, 0.05) is 18.2 Å². The van der Waals surface area contributed by atoms with E-state index in [1.54, 1.807) is 42.5 Å². The largest absolute Gasteiger partial charge is 0.497 e. The summed E-state index contributed by atoms with van der Waals surface area (Å²) >= 11 is 0. The molecule has 0 aliphatic carbocycles. The first-order valence-corrected chi connectivity index (χ1v) is 7.67. The highest BCUT2D eigenvalue weighted by molar-refractivity contribution is 6.01. The number of rotatable bonds is 6. The molecule has 0 fully saturated rings. The summed E-state index contributed by atoms with van der Waals surface area (Å²) in [5, 5.41) is 2.59. The molecule has 130 valence electrons. The highest BCUT2D eigenvalue weighted by Crippen LogP contribution is 2.16. The van der Waals surface area contributed by atoms with E-state index in [0.29, 0.717) is 17.0 Å². The van der Waals surface area contributed by atoms with Crippen molar-refractivity contribution < 1.29 is 23.9 Å². The predicted molar refractivity (Wildman–Crippen MR) is 92.9 cm³/mol. The minimum absolute atomic E-state index is 0.242. The zero-order valence-corrected chi connectivity index (χ0v) is 14.2. The van der Waals surface area contributed by atoms with Gasteiger partial charge in [0.15, 0.2) is 6.10 Å². The first-order valence-electron chi connectivity index (χ1n) is 7.67. The van der Waals surface area contributed by atoms with Gasteiger partial charge in [0.05, 0.1) is 12.7 Å². The van der Waals surface area contributed by atoms with Crippen molar-refractivity contribution in [2.24, 2.45) is 0 Å². The van der Waals surface area contributed by atoms with Crippen LogP contribution in [0.4, 0.5) is 5.69 Å². The summed E-state index contributed by atoms with van der Waals surface area (Å²) in [7, 11) is 1.54. The van der Waals surface area contributed by atoms with E-state index < -0.39 is 12.1 Å². The van der Waals surface area contributed by atoms with Gasteiger partial charge in [0.2, 0.25) is 11.7 Å². The Kier molecular flexibility index (Phi) is 5.89. The van der Waals surface area contributed by atoms with E-state index in [-0.39, 0.29) is 17.3 Å². The van der Waals surface area contributed by atoms with Gasteiger partial charge in [-0.25, -0.2) is 4.79 Å². The third-order valence-corrected chi connectivity index (χ3v) is 3.45. The van der Waals surface area contributed by atoms with Gasteiger partial charge in [0.1, 0.15) is 5.75 Å². The van der Waals surface area contributed by atoms with Crippen LogP contribution in [0.2, 0.25) is 0 Å². The fourth-order valence-electron chi connectivity index (χ4n) is 2.20. The number of benzene rings is 2. The number of methoxy groups -OCH3 is 1. The van der Waals surface area contributed by atoms with Gasteiger partial charge in [-0.3, -0.25) is 9.59 Å². The van der Waals surface area contributed by atoms with Gasteiger partial charge in [-0.15, -0.1) is 0 Å². The van der Waals surface area contributed by atoms with Crippen molar-refractivity contribution in [2.75, 3.05) is 12.4 Å². The molecule has 0 heterocycles. The Morgan fingerprint density at radius 2 is 1.68 bits per heavy atom. The van der Waals surface area contributed by atoms with Crippen molar-refractivity contribution in [3.8, 4) is 5.75 Å². The fourth-order valence-corrected chi connectivity index (χ4v) is 2.20. The van der Waals surface area contributed by atoms with E-state index in [0.717, 1.165) is 0 Å². The maximum absolute atomic E-state index is 12.3. The second kappa shape index (κ2) is 8.10. The molecule has 0 aliphatic rings. The van der Waals surface area contributed by atoms with Crippen LogP contribution >= 0.6 is 0 Å². The summed E-state index contributed by atoms with van der Waals surface area (Å²) in [6.07, 6.45) is -0.940. The maximum Gasteiger partial charge on any atom is 0.338 e. The minimum Gasteiger partial charge on any atom is -0.497 e. The van der Waals surface area contributed by atoms with E-state index in [4.69, 9.17) is 9.47 Å². The smallest absolute Gasteiger partial charge is 0.338 e. The number of amides is 1. The van der Waals surface area contributed by atoms with Crippen LogP contribution in [0.15, 0.2) is 48.5 Å². The molecular formula is C19H19NO5. The molecule has 0 unspecified atom stereocenters. The van der Waals surface area contributed by atoms with E-state index in [1.165, 1.54) is 27.0 Å². The molecule has 6 heteroatoms. The van der Waals surface area contributed by atoms with Crippen LogP contribution < -0.4 is 10.1 Å². The van der Waals surface area contributed by atoms with Gasteiger partial charge in [-0.1, -0.05) is 6.07 Å². The summed E-state index contributed by atoms with van der Waals surface area (Å²) in [6.45, 7) is 2.89. The molecule has 1 N–H and O–H groups in total. The SMILES string of the molecule is COc1ccc(C(=O)[C@@H](C)OC(=O)c2cccc(NC(C)=O)c2)cc1. The van der Waals surface area contributed by atoms with Crippen LogP contribution in [0.1, 0.15) is 34.6 Å². The third-order valence-electron chi connectivity index (χ3n) is 3.45. The van der Waals surface area contributed by atoms with E-state index >= 15 is 0 Å². The number of hydrogen-bond acceptors (Lipinski definition) is 5. The number of Topliss-reactive ketones (excluding diaryl/α,β-unsaturated/α-hetero) is 1. The molecule has 2 rings (SSSR count). The highest BCUT2D eigenvalue weighted by atomic mass is 16.5. The zero-order chi connectivity index (χ0) is 18.4. The number of anilines is 1. The van der Waals surface area contributed by atoms with Crippen LogP contribution in [-0.4, -0.2) is 30.9 Å². The Bertz CT molecular complexity index is 783. The molecule has 0 radical (unpaired) electrons. The lowest BCUT2D eigenvalue weighted by atomic mass is 10.1. The summed E-state index contributed by atoms with van der Waals surface area (Å²) in [5.41, 5.74) is 1.16. The van der Waals surface area contributed by atoms with Crippen LogP contribution in [0.5, 0.6) is 5.75 Å². The van der Waals surface area contributed by atoms with Crippen molar-refractivity contribution >= 4 is 23.3 Å². The number of ketones is 1. The molecule has 25 heavy (non-hydrogen) atoms. The average molecular weight is 341 g/mol. The lowest BCUT2D eigenvalue weighted by Crippen LogP contribution is -2.24. The summed E-state index contributed by atoms with van der Waals surface area (Å²) in [6, 6.07) is 12.9. The average Bonchev–Trinajstić information content (AvgIpc) is 2.60. The molecule has 0 aliphatic heterocycles. The molecule has 1 atom stereocenters. The number of carbonyl (C=O) groups excluding carboxylic acids is 3. The predicted octanol–water partition coefficient (Wildman–Crippen LogP) is 3.08. The van der Waals surface area contributed by atoms with E-state index in [9.17, 15) is 14.4 Å². The summed E-state index contributed by atoms with van der Waals surface area (Å²) < 4.78 is 10.3. The van der Waals surface area contributed by atoms with Gasteiger partial charge in [-0.2, -0.15) is 0 Å². The lowest BCUT2D eigenvalue weighted by Gasteiger charge is -2.13. The molecule has 1 amide bonds. The first kappa shape index (κ1) is 18.2. The standard InChI is InChI=1S/C19H19NO5/c1-12(18(22)14-7-9-17(24-3)10-8-14)25-19(23)15-5-4-6-16(11-15)20-13(2)21/h4-12H,1-3H3,(H,20,21)/t12-/m1/s1. The lowest BCUT2D eigenvalue weighted by molar-refractivity contribution is -0.114. The van der Waals surface area contributed by atoms with Crippen molar-refractivity contribution in [2.45, 2.75) is 20.0 Å². The molecule has 0 bridgehead atoms. The number of nitrogens with one attached hydrogen (secondary N) is 1. The molecule has 2 aromatic carbocycles. The third kappa shape index (κ3) is 4.91. The number of ether oxygens (including phenoxy) is 2. The van der Waals surface area contributed by atoms with Crippen LogP contribution in [-0.2, 0) is 9.53 Å². The molecule has 6 nitrogen and oxygen atoms in total. The maximum atomic E-state index is 12.3. The molecule has 2 aromatic rings. The second-order valence-corrected chi connectivity index (χ2v) is 5.40. The minimum atomic E-state index is -0.940. The van der Waals surface area contributed by atoms with Gasteiger partial charge in [0.25, 0.3) is 0 Å². The molecule has 0 aromatic heterocycles. The molecule has 0 spiro atoms. The second-order valence-electron chi connectivity index (χ2n) is 5.40. The Morgan fingerprint density at radius 1 is 1.00 bits per heavy atom. The van der Waals surface area contributed by atoms with Crippen molar-refractivity contribution in [1.29, 1.82) is 0 Å². The zero-order valence-electron chi connectivity index (χ0n) is 14.2.